The highest BCUT2D eigenvalue weighted by Gasteiger charge is 2.36. The molecule has 1 atom stereocenters. The van der Waals surface area contributed by atoms with Crippen LogP contribution in [0, 0.1) is 0 Å². The topological polar surface area (TPSA) is 66.6 Å². The molecule has 0 saturated carbocycles. The highest BCUT2D eigenvalue weighted by atomic mass is 35.5. The molecule has 0 aliphatic carbocycles. The van der Waals surface area contributed by atoms with Crippen LogP contribution in [0.25, 0.3) is 0 Å². The second kappa shape index (κ2) is 7.48. The Balaban J connectivity index is 1.65. The SMILES string of the molecule is CC(N)(C(=O)N1CCN(C(=O)c2cccc(Cl)c2)CC1)c1ccccc1. The fraction of sp³-hybridized carbons (Fsp3) is 0.300. The number of nitrogens with zero attached hydrogens (tertiary/aromatic N) is 2. The molecule has 2 aromatic carbocycles. The Kier molecular flexibility index (Phi) is 5.30. The van der Waals surface area contributed by atoms with Gasteiger partial charge in [0.25, 0.3) is 5.91 Å². The lowest BCUT2D eigenvalue weighted by atomic mass is 9.91. The van der Waals surface area contributed by atoms with E-state index in [1.165, 1.54) is 0 Å². The third-order valence-electron chi connectivity index (χ3n) is 4.74. The van der Waals surface area contributed by atoms with Gasteiger partial charge < -0.3 is 15.5 Å². The molecule has 1 fully saturated rings. The van der Waals surface area contributed by atoms with Gasteiger partial charge in [0.05, 0.1) is 0 Å². The molecule has 0 spiro atoms. The highest BCUT2D eigenvalue weighted by Crippen LogP contribution is 2.22. The largest absolute Gasteiger partial charge is 0.337 e. The molecule has 2 N–H and O–H groups in total. The van der Waals surface area contributed by atoms with E-state index in [0.29, 0.717) is 36.8 Å². The predicted octanol–water partition coefficient (Wildman–Crippen LogP) is 2.50. The van der Waals surface area contributed by atoms with Crippen LogP contribution in [-0.2, 0) is 10.3 Å². The molecule has 2 aromatic rings. The summed E-state index contributed by atoms with van der Waals surface area (Å²) in [7, 11) is 0. The smallest absolute Gasteiger partial charge is 0.254 e. The fourth-order valence-electron chi connectivity index (χ4n) is 3.15. The summed E-state index contributed by atoms with van der Waals surface area (Å²) in [6.07, 6.45) is 0. The molecule has 136 valence electrons. The molecular formula is C20H22ClN3O2. The number of piperazine rings is 1. The zero-order valence-electron chi connectivity index (χ0n) is 14.7. The molecule has 0 radical (unpaired) electrons. The zero-order valence-corrected chi connectivity index (χ0v) is 15.4. The maximum atomic E-state index is 12.9. The molecular weight excluding hydrogens is 350 g/mol. The minimum Gasteiger partial charge on any atom is -0.337 e. The molecule has 1 saturated heterocycles. The van der Waals surface area contributed by atoms with Crippen LogP contribution in [0.5, 0.6) is 0 Å². The Bertz CT molecular complexity index is 800. The molecule has 26 heavy (non-hydrogen) atoms. The van der Waals surface area contributed by atoms with Crippen molar-refractivity contribution in [1.29, 1.82) is 0 Å². The van der Waals surface area contributed by atoms with Crippen molar-refractivity contribution in [1.82, 2.24) is 9.80 Å². The second-order valence-corrected chi connectivity index (χ2v) is 7.10. The van der Waals surface area contributed by atoms with Gasteiger partial charge in [0.1, 0.15) is 5.54 Å². The van der Waals surface area contributed by atoms with Crippen LogP contribution in [0.1, 0.15) is 22.8 Å². The molecule has 1 heterocycles. The zero-order chi connectivity index (χ0) is 18.7. The molecule has 1 aliphatic rings. The van der Waals surface area contributed by atoms with Crippen LogP contribution in [0.4, 0.5) is 0 Å². The normalized spacial score (nSPS) is 16.9. The van der Waals surface area contributed by atoms with Gasteiger partial charge in [-0.3, -0.25) is 9.59 Å². The minimum atomic E-state index is -1.08. The van der Waals surface area contributed by atoms with Crippen molar-refractivity contribution in [3.05, 3.63) is 70.7 Å². The van der Waals surface area contributed by atoms with Gasteiger partial charge in [0, 0.05) is 36.8 Å². The Morgan fingerprint density at radius 2 is 1.58 bits per heavy atom. The van der Waals surface area contributed by atoms with Gasteiger partial charge in [-0.1, -0.05) is 48.0 Å². The number of halogens is 1. The van der Waals surface area contributed by atoms with Crippen molar-refractivity contribution in [3.63, 3.8) is 0 Å². The van der Waals surface area contributed by atoms with Crippen molar-refractivity contribution in [2.75, 3.05) is 26.2 Å². The van der Waals surface area contributed by atoms with E-state index in [1.54, 1.807) is 41.0 Å². The second-order valence-electron chi connectivity index (χ2n) is 6.66. The van der Waals surface area contributed by atoms with Crippen LogP contribution < -0.4 is 5.73 Å². The van der Waals surface area contributed by atoms with E-state index < -0.39 is 5.54 Å². The number of rotatable bonds is 3. The quantitative estimate of drug-likeness (QED) is 0.901. The average molecular weight is 372 g/mol. The van der Waals surface area contributed by atoms with Crippen LogP contribution in [0.3, 0.4) is 0 Å². The molecule has 0 aromatic heterocycles. The molecule has 5 nitrogen and oxygen atoms in total. The van der Waals surface area contributed by atoms with Crippen LogP contribution in [0.15, 0.2) is 54.6 Å². The standard InChI is InChI=1S/C20H22ClN3O2/c1-20(22,16-7-3-2-4-8-16)19(26)24-12-10-23(11-13-24)18(25)15-6-5-9-17(21)14-15/h2-9,14H,10-13,22H2,1H3. The third kappa shape index (κ3) is 3.74. The number of carbonyl (C=O) groups excluding carboxylic acids is 2. The summed E-state index contributed by atoms with van der Waals surface area (Å²) >= 11 is 5.96. The van der Waals surface area contributed by atoms with E-state index in [4.69, 9.17) is 17.3 Å². The van der Waals surface area contributed by atoms with Crippen LogP contribution in [-0.4, -0.2) is 47.8 Å². The average Bonchev–Trinajstić information content (AvgIpc) is 2.67. The number of amides is 2. The van der Waals surface area contributed by atoms with Crippen molar-refractivity contribution < 1.29 is 9.59 Å². The fourth-order valence-corrected chi connectivity index (χ4v) is 3.34. The van der Waals surface area contributed by atoms with Crippen molar-refractivity contribution in [2.45, 2.75) is 12.5 Å². The van der Waals surface area contributed by atoms with Crippen molar-refractivity contribution >= 4 is 23.4 Å². The van der Waals surface area contributed by atoms with Crippen molar-refractivity contribution in [2.24, 2.45) is 5.73 Å². The van der Waals surface area contributed by atoms with E-state index in [-0.39, 0.29) is 11.8 Å². The molecule has 0 bridgehead atoms. The van der Waals surface area contributed by atoms with Crippen LogP contribution in [0.2, 0.25) is 5.02 Å². The van der Waals surface area contributed by atoms with E-state index >= 15 is 0 Å². The van der Waals surface area contributed by atoms with Gasteiger partial charge >= 0.3 is 0 Å². The Hall–Kier alpha value is -2.37. The first kappa shape index (κ1) is 18.4. The third-order valence-corrected chi connectivity index (χ3v) is 4.98. The van der Waals surface area contributed by atoms with Gasteiger partial charge in [-0.05, 0) is 30.7 Å². The molecule has 6 heteroatoms. The minimum absolute atomic E-state index is 0.0711. The monoisotopic (exact) mass is 371 g/mol. The molecule has 1 aliphatic heterocycles. The molecule has 2 amide bonds. The lowest BCUT2D eigenvalue weighted by molar-refractivity contribution is -0.138. The lowest BCUT2D eigenvalue weighted by Crippen LogP contribution is -2.57. The summed E-state index contributed by atoms with van der Waals surface area (Å²) in [6.45, 7) is 3.60. The summed E-state index contributed by atoms with van der Waals surface area (Å²) in [5, 5.41) is 0.534. The predicted molar refractivity (Wildman–Crippen MR) is 102 cm³/mol. The molecule has 3 rings (SSSR count). The van der Waals surface area contributed by atoms with E-state index in [0.717, 1.165) is 5.56 Å². The number of nitrogens with two attached hydrogens (primary N) is 1. The number of hydrogen-bond donors (Lipinski definition) is 1. The summed E-state index contributed by atoms with van der Waals surface area (Å²) in [5.41, 5.74) is 6.59. The summed E-state index contributed by atoms with van der Waals surface area (Å²) in [4.78, 5) is 29.0. The van der Waals surface area contributed by atoms with Gasteiger partial charge in [-0.25, -0.2) is 0 Å². The number of benzene rings is 2. The summed E-state index contributed by atoms with van der Waals surface area (Å²) in [6, 6.07) is 16.3. The van der Waals surface area contributed by atoms with E-state index in [9.17, 15) is 9.59 Å². The number of hydrogen-bond acceptors (Lipinski definition) is 3. The highest BCUT2D eigenvalue weighted by molar-refractivity contribution is 6.30. The molecule has 1 unspecified atom stereocenters. The van der Waals surface area contributed by atoms with Gasteiger partial charge in [0.2, 0.25) is 5.91 Å². The van der Waals surface area contributed by atoms with Gasteiger partial charge in [-0.15, -0.1) is 0 Å². The Morgan fingerprint density at radius 3 is 2.19 bits per heavy atom. The Labute approximate surface area is 158 Å². The maximum Gasteiger partial charge on any atom is 0.254 e. The first-order chi connectivity index (χ1) is 12.4. The van der Waals surface area contributed by atoms with Gasteiger partial charge in [0.15, 0.2) is 0 Å². The summed E-state index contributed by atoms with van der Waals surface area (Å²) < 4.78 is 0. The lowest BCUT2D eigenvalue weighted by Gasteiger charge is -2.38. The first-order valence-corrected chi connectivity index (χ1v) is 8.96. The summed E-state index contributed by atoms with van der Waals surface area (Å²) in [5.74, 6) is -0.197. The van der Waals surface area contributed by atoms with Gasteiger partial charge in [-0.2, -0.15) is 0 Å². The maximum absolute atomic E-state index is 12.9. The first-order valence-electron chi connectivity index (χ1n) is 8.58. The Morgan fingerprint density at radius 1 is 0.962 bits per heavy atom. The van der Waals surface area contributed by atoms with E-state index in [1.807, 2.05) is 30.3 Å². The van der Waals surface area contributed by atoms with Crippen molar-refractivity contribution in [3.8, 4) is 0 Å². The number of carbonyl (C=O) groups is 2. The van der Waals surface area contributed by atoms with Crippen LogP contribution >= 0.6 is 11.6 Å². The van der Waals surface area contributed by atoms with E-state index in [2.05, 4.69) is 0 Å².